The third-order valence-corrected chi connectivity index (χ3v) is 5.25. The number of aromatic nitrogens is 6. The summed E-state index contributed by atoms with van der Waals surface area (Å²) in [5, 5.41) is 8.06. The Labute approximate surface area is 160 Å². The van der Waals surface area contributed by atoms with Gasteiger partial charge in [-0.1, -0.05) is 30.3 Å². The molecule has 1 aromatic carbocycles. The molecule has 1 aliphatic rings. The van der Waals surface area contributed by atoms with Crippen molar-refractivity contribution in [2.75, 3.05) is 18.0 Å². The van der Waals surface area contributed by atoms with Crippen molar-refractivity contribution < 1.29 is 0 Å². The van der Waals surface area contributed by atoms with E-state index in [1.54, 1.807) is 12.3 Å². The Morgan fingerprint density at radius 3 is 2.68 bits per heavy atom. The molecule has 0 aliphatic carbocycles. The Bertz CT molecular complexity index is 1160. The van der Waals surface area contributed by atoms with Crippen molar-refractivity contribution in [3.8, 4) is 11.4 Å². The number of pyridine rings is 1. The Hall–Kier alpha value is -3.55. The normalized spacial score (nSPS) is 15.2. The highest BCUT2D eigenvalue weighted by atomic mass is 16.1. The molecule has 28 heavy (non-hydrogen) atoms. The second-order valence-corrected chi connectivity index (χ2v) is 6.93. The topological polar surface area (TPSA) is 103 Å². The van der Waals surface area contributed by atoms with E-state index in [1.165, 1.54) is 6.33 Å². The number of benzene rings is 1. The number of rotatable bonds is 3. The van der Waals surface area contributed by atoms with Gasteiger partial charge in [0.15, 0.2) is 11.6 Å². The highest BCUT2D eigenvalue weighted by Crippen LogP contribution is 2.30. The average Bonchev–Trinajstić information content (AvgIpc) is 3.25. The minimum atomic E-state index is -0.140. The summed E-state index contributed by atoms with van der Waals surface area (Å²) in [7, 11) is 0. The largest absolute Gasteiger partial charge is 0.355 e. The number of nitrogens with zero attached hydrogens (tertiary/aromatic N) is 5. The van der Waals surface area contributed by atoms with Crippen LogP contribution in [0, 0.1) is 0 Å². The summed E-state index contributed by atoms with van der Waals surface area (Å²) >= 11 is 0. The summed E-state index contributed by atoms with van der Waals surface area (Å²) in [6.07, 6.45) is 4.97. The van der Waals surface area contributed by atoms with E-state index in [-0.39, 0.29) is 5.56 Å². The van der Waals surface area contributed by atoms with Gasteiger partial charge in [0.05, 0.1) is 11.7 Å². The summed E-state index contributed by atoms with van der Waals surface area (Å²) < 4.78 is 0. The molecule has 0 amide bonds. The van der Waals surface area contributed by atoms with E-state index in [9.17, 15) is 4.79 Å². The second kappa shape index (κ2) is 6.88. The predicted molar refractivity (Wildman–Crippen MR) is 106 cm³/mol. The maximum absolute atomic E-state index is 12.0. The number of anilines is 1. The molecule has 8 nitrogen and oxygen atoms in total. The first-order valence-corrected chi connectivity index (χ1v) is 9.34. The van der Waals surface area contributed by atoms with Crippen LogP contribution < -0.4 is 10.5 Å². The van der Waals surface area contributed by atoms with Crippen LogP contribution in [-0.2, 0) is 0 Å². The van der Waals surface area contributed by atoms with Gasteiger partial charge in [0.25, 0.3) is 5.56 Å². The van der Waals surface area contributed by atoms with E-state index in [0.717, 1.165) is 49.0 Å². The van der Waals surface area contributed by atoms with Crippen molar-refractivity contribution in [2.45, 2.75) is 18.8 Å². The van der Waals surface area contributed by atoms with Crippen molar-refractivity contribution in [3.05, 3.63) is 65.1 Å². The lowest BCUT2D eigenvalue weighted by Gasteiger charge is -2.32. The first kappa shape index (κ1) is 16.6. The number of piperidine rings is 1. The SMILES string of the molecule is O=c1[nH]cnc2c(N3CCC(c4nc(-c5ccccc5)n[nH]4)CC3)nccc12. The van der Waals surface area contributed by atoms with Gasteiger partial charge in [0.1, 0.15) is 11.3 Å². The molecule has 0 bridgehead atoms. The molecule has 0 saturated carbocycles. The summed E-state index contributed by atoms with van der Waals surface area (Å²) in [5.41, 5.74) is 1.52. The molecule has 2 N–H and O–H groups in total. The smallest absolute Gasteiger partial charge is 0.258 e. The second-order valence-electron chi connectivity index (χ2n) is 6.93. The number of H-pyrrole nitrogens is 2. The van der Waals surface area contributed by atoms with Crippen LogP contribution in [0.25, 0.3) is 22.3 Å². The maximum atomic E-state index is 12.0. The Balaban J connectivity index is 1.34. The van der Waals surface area contributed by atoms with Crippen molar-refractivity contribution in [1.29, 1.82) is 0 Å². The highest BCUT2D eigenvalue weighted by molar-refractivity contribution is 5.87. The van der Waals surface area contributed by atoms with E-state index in [1.807, 2.05) is 30.3 Å². The lowest BCUT2D eigenvalue weighted by Crippen LogP contribution is -2.34. The summed E-state index contributed by atoms with van der Waals surface area (Å²) in [6, 6.07) is 11.7. The van der Waals surface area contributed by atoms with E-state index in [2.05, 4.69) is 30.0 Å². The molecule has 8 heteroatoms. The fourth-order valence-electron chi connectivity index (χ4n) is 3.76. The molecule has 1 saturated heterocycles. The Morgan fingerprint density at radius 1 is 1.04 bits per heavy atom. The van der Waals surface area contributed by atoms with Gasteiger partial charge >= 0.3 is 0 Å². The van der Waals surface area contributed by atoms with Crippen LogP contribution in [0.3, 0.4) is 0 Å². The van der Waals surface area contributed by atoms with Gasteiger partial charge in [-0.2, -0.15) is 5.10 Å². The van der Waals surface area contributed by atoms with Crippen LogP contribution in [0.1, 0.15) is 24.6 Å². The van der Waals surface area contributed by atoms with Gasteiger partial charge < -0.3 is 9.88 Å². The molecule has 0 atom stereocenters. The fraction of sp³-hybridized carbons (Fsp3) is 0.250. The van der Waals surface area contributed by atoms with Crippen molar-refractivity contribution in [2.24, 2.45) is 0 Å². The quantitative estimate of drug-likeness (QED) is 0.572. The van der Waals surface area contributed by atoms with E-state index >= 15 is 0 Å². The molecular weight excluding hydrogens is 354 g/mol. The van der Waals surface area contributed by atoms with Crippen LogP contribution in [0.5, 0.6) is 0 Å². The third-order valence-electron chi connectivity index (χ3n) is 5.25. The molecule has 4 aromatic rings. The third kappa shape index (κ3) is 2.92. The van der Waals surface area contributed by atoms with Gasteiger partial charge in [-0.25, -0.2) is 15.0 Å². The molecule has 0 spiro atoms. The lowest BCUT2D eigenvalue weighted by atomic mass is 9.96. The van der Waals surface area contributed by atoms with E-state index in [4.69, 9.17) is 4.98 Å². The summed E-state index contributed by atoms with van der Waals surface area (Å²) in [4.78, 5) is 30.4. The molecule has 0 radical (unpaired) electrons. The number of hydrogen-bond acceptors (Lipinski definition) is 6. The molecule has 5 rings (SSSR count). The van der Waals surface area contributed by atoms with Crippen LogP contribution in [0.4, 0.5) is 5.82 Å². The van der Waals surface area contributed by atoms with Crippen molar-refractivity contribution >= 4 is 16.7 Å². The van der Waals surface area contributed by atoms with Crippen molar-refractivity contribution in [1.82, 2.24) is 30.1 Å². The van der Waals surface area contributed by atoms with Crippen LogP contribution >= 0.6 is 0 Å². The zero-order chi connectivity index (χ0) is 18.9. The monoisotopic (exact) mass is 373 g/mol. The van der Waals surface area contributed by atoms with Crippen LogP contribution in [0.15, 0.2) is 53.7 Å². The standard InChI is InChI=1S/C20H19N7O/c28-20-15-6-9-21-19(16(15)22-12-23-20)27-10-7-14(8-11-27)18-24-17(25-26-18)13-4-2-1-3-5-13/h1-6,9,12,14H,7-8,10-11H2,(H,22,23,28)(H,24,25,26). The first-order chi connectivity index (χ1) is 13.8. The summed E-state index contributed by atoms with van der Waals surface area (Å²) in [6.45, 7) is 1.65. The molecular formula is C20H19N7O. The minimum Gasteiger partial charge on any atom is -0.355 e. The van der Waals surface area contributed by atoms with E-state index < -0.39 is 0 Å². The zero-order valence-electron chi connectivity index (χ0n) is 15.2. The van der Waals surface area contributed by atoms with Gasteiger partial charge in [0.2, 0.25) is 0 Å². The van der Waals surface area contributed by atoms with Gasteiger partial charge in [-0.15, -0.1) is 0 Å². The molecule has 1 fully saturated rings. The number of fused-ring (bicyclic) bond motifs is 1. The lowest BCUT2D eigenvalue weighted by molar-refractivity contribution is 0.485. The molecule has 3 aromatic heterocycles. The first-order valence-electron chi connectivity index (χ1n) is 9.34. The predicted octanol–water partition coefficient (Wildman–Crippen LogP) is 2.49. The maximum Gasteiger partial charge on any atom is 0.258 e. The molecule has 140 valence electrons. The highest BCUT2D eigenvalue weighted by Gasteiger charge is 2.25. The molecule has 0 unspecified atom stereocenters. The average molecular weight is 373 g/mol. The van der Waals surface area contributed by atoms with Gasteiger partial charge in [0, 0.05) is 30.8 Å². The molecule has 4 heterocycles. The Kier molecular flexibility index (Phi) is 4.08. The molecule has 1 aliphatic heterocycles. The minimum absolute atomic E-state index is 0.140. The Morgan fingerprint density at radius 2 is 1.86 bits per heavy atom. The van der Waals surface area contributed by atoms with Crippen LogP contribution in [0.2, 0.25) is 0 Å². The van der Waals surface area contributed by atoms with Gasteiger partial charge in [-0.3, -0.25) is 9.89 Å². The fourth-order valence-corrected chi connectivity index (χ4v) is 3.76. The van der Waals surface area contributed by atoms with Gasteiger partial charge in [-0.05, 0) is 18.9 Å². The van der Waals surface area contributed by atoms with Crippen molar-refractivity contribution in [3.63, 3.8) is 0 Å². The number of aromatic amines is 2. The number of nitrogens with one attached hydrogen (secondary N) is 2. The summed E-state index contributed by atoms with van der Waals surface area (Å²) in [5.74, 6) is 2.76. The van der Waals surface area contributed by atoms with E-state index in [0.29, 0.717) is 16.8 Å². The number of hydrogen-bond donors (Lipinski definition) is 2. The van der Waals surface area contributed by atoms with Crippen LogP contribution in [-0.4, -0.2) is 43.2 Å². The zero-order valence-corrected chi connectivity index (χ0v) is 15.2.